The summed E-state index contributed by atoms with van der Waals surface area (Å²) in [6, 6.07) is 30.8. The second-order valence-corrected chi connectivity index (χ2v) is 9.35. The van der Waals surface area contributed by atoms with Gasteiger partial charge in [0.15, 0.2) is 17.3 Å². The first-order valence-electron chi connectivity index (χ1n) is 13.7. The second-order valence-electron chi connectivity index (χ2n) is 9.35. The lowest BCUT2D eigenvalue weighted by atomic mass is 10.00. The molecular weight excluding hydrogens is 542 g/mol. The van der Waals surface area contributed by atoms with Crippen LogP contribution < -0.4 is 0 Å². The van der Waals surface area contributed by atoms with Gasteiger partial charge in [0.25, 0.3) is 0 Å². The minimum absolute atomic E-state index is 0.169. The molecule has 0 aliphatic heterocycles. The minimum atomic E-state index is -1.05. The van der Waals surface area contributed by atoms with Gasteiger partial charge in [-0.15, -0.1) is 0 Å². The Labute approximate surface area is 248 Å². The molecule has 2 heterocycles. The van der Waals surface area contributed by atoms with E-state index in [2.05, 4.69) is 15.0 Å². The largest absolute Gasteiger partial charge is 0.504 e. The van der Waals surface area contributed by atoms with E-state index in [1.807, 2.05) is 105 Å². The molecule has 0 spiro atoms. The Bertz CT molecular complexity index is 1850. The number of hydrogen-bond acceptors (Lipinski definition) is 8. The zero-order chi connectivity index (χ0) is 30.5. The van der Waals surface area contributed by atoms with Crippen LogP contribution in [0.4, 0.5) is 0 Å². The van der Waals surface area contributed by atoms with Gasteiger partial charge in [-0.05, 0) is 34.9 Å². The Kier molecular flexibility index (Phi) is 8.20. The second kappa shape index (κ2) is 12.3. The molecule has 0 amide bonds. The number of rotatable bonds is 5. The summed E-state index contributed by atoms with van der Waals surface area (Å²) in [7, 11) is 0. The van der Waals surface area contributed by atoms with Crippen LogP contribution in [-0.2, 0) is 0 Å². The highest BCUT2D eigenvalue weighted by atomic mass is 16.4. The van der Waals surface area contributed by atoms with E-state index in [-0.39, 0.29) is 5.82 Å². The molecule has 6 aromatic rings. The Hall–Kier alpha value is -5.89. The SMILES string of the molecule is CC.Oc1c(O)c(O)c(-c2nc(-c3ccc(-c4ccccc4)cc3)cc(-c3cccc(-c4cccnc4)c3)n2)c(O)c1O. The average Bonchev–Trinajstić information content (AvgIpc) is 3.08. The molecule has 0 unspecified atom stereocenters. The fraction of sp³-hybridized carbons (Fsp3) is 0.0571. The van der Waals surface area contributed by atoms with Crippen LogP contribution in [0.5, 0.6) is 28.7 Å². The van der Waals surface area contributed by atoms with Crippen molar-refractivity contribution in [2.45, 2.75) is 13.8 Å². The van der Waals surface area contributed by atoms with Crippen molar-refractivity contribution in [2.75, 3.05) is 0 Å². The monoisotopic (exact) mass is 571 g/mol. The first kappa shape index (κ1) is 28.6. The molecular formula is C35H29N3O5. The van der Waals surface area contributed by atoms with Gasteiger partial charge in [0.1, 0.15) is 5.56 Å². The van der Waals surface area contributed by atoms with Gasteiger partial charge in [0, 0.05) is 29.1 Å². The van der Waals surface area contributed by atoms with Crippen LogP contribution >= 0.6 is 0 Å². The molecule has 0 fully saturated rings. The normalized spacial score (nSPS) is 10.6. The fourth-order valence-electron chi connectivity index (χ4n) is 4.61. The third-order valence-electron chi connectivity index (χ3n) is 6.76. The van der Waals surface area contributed by atoms with Gasteiger partial charge >= 0.3 is 0 Å². The maximum Gasteiger partial charge on any atom is 0.208 e. The molecule has 2 aromatic heterocycles. The Balaban J connectivity index is 0.00000180. The summed E-state index contributed by atoms with van der Waals surface area (Å²) in [6.45, 7) is 4.00. The molecule has 4 aromatic carbocycles. The van der Waals surface area contributed by atoms with Gasteiger partial charge in [-0.25, -0.2) is 9.97 Å². The summed E-state index contributed by atoms with van der Waals surface area (Å²) >= 11 is 0. The molecule has 8 nitrogen and oxygen atoms in total. The highest BCUT2D eigenvalue weighted by Crippen LogP contribution is 2.54. The summed E-state index contributed by atoms with van der Waals surface area (Å²) in [5.41, 5.74) is 5.80. The van der Waals surface area contributed by atoms with Crippen LogP contribution in [0, 0.1) is 0 Å². The third-order valence-corrected chi connectivity index (χ3v) is 6.76. The summed E-state index contributed by atoms with van der Waals surface area (Å²) < 4.78 is 0. The van der Waals surface area contributed by atoms with E-state index in [1.165, 1.54) is 0 Å². The van der Waals surface area contributed by atoms with Crippen LogP contribution in [0.15, 0.2) is 109 Å². The van der Waals surface area contributed by atoms with E-state index in [0.717, 1.165) is 27.8 Å². The van der Waals surface area contributed by atoms with Crippen LogP contribution in [0.1, 0.15) is 13.8 Å². The maximum atomic E-state index is 10.6. The average molecular weight is 572 g/mol. The highest BCUT2D eigenvalue weighted by Gasteiger charge is 2.27. The lowest BCUT2D eigenvalue weighted by Crippen LogP contribution is -1.97. The molecule has 0 aliphatic rings. The predicted octanol–water partition coefficient (Wildman–Crippen LogP) is 7.76. The number of phenols is 5. The molecule has 0 radical (unpaired) electrons. The molecule has 0 saturated carbocycles. The summed E-state index contributed by atoms with van der Waals surface area (Å²) in [4.78, 5) is 13.3. The number of phenolic OH excluding ortho intramolecular Hbond substituents is 5. The first-order valence-corrected chi connectivity index (χ1v) is 13.7. The van der Waals surface area contributed by atoms with Crippen molar-refractivity contribution < 1.29 is 25.5 Å². The molecule has 0 aliphatic carbocycles. The number of pyridine rings is 1. The number of nitrogens with zero attached hydrogens (tertiary/aromatic N) is 3. The quantitative estimate of drug-likeness (QED) is 0.104. The molecule has 214 valence electrons. The van der Waals surface area contributed by atoms with Gasteiger partial charge in [-0.3, -0.25) is 4.98 Å². The van der Waals surface area contributed by atoms with E-state index in [9.17, 15) is 25.5 Å². The number of aromatic hydroxyl groups is 5. The predicted molar refractivity (Wildman–Crippen MR) is 167 cm³/mol. The van der Waals surface area contributed by atoms with Crippen molar-refractivity contribution >= 4 is 0 Å². The van der Waals surface area contributed by atoms with E-state index >= 15 is 0 Å². The Morgan fingerprint density at radius 1 is 0.442 bits per heavy atom. The van der Waals surface area contributed by atoms with Gasteiger partial charge in [-0.1, -0.05) is 92.7 Å². The van der Waals surface area contributed by atoms with Gasteiger partial charge in [0.05, 0.1) is 11.4 Å². The van der Waals surface area contributed by atoms with Crippen LogP contribution in [0.3, 0.4) is 0 Å². The number of hydrogen-bond donors (Lipinski definition) is 5. The van der Waals surface area contributed by atoms with Crippen molar-refractivity contribution in [2.24, 2.45) is 0 Å². The number of aromatic nitrogens is 3. The van der Waals surface area contributed by atoms with Crippen LogP contribution in [-0.4, -0.2) is 40.5 Å². The third kappa shape index (κ3) is 5.67. The summed E-state index contributed by atoms with van der Waals surface area (Å²) in [6.07, 6.45) is 3.45. The van der Waals surface area contributed by atoms with Crippen molar-refractivity contribution in [3.63, 3.8) is 0 Å². The molecule has 6 rings (SSSR count). The van der Waals surface area contributed by atoms with E-state index in [1.54, 1.807) is 18.5 Å². The zero-order valence-electron chi connectivity index (χ0n) is 23.5. The molecule has 0 bridgehead atoms. The van der Waals surface area contributed by atoms with E-state index in [4.69, 9.17) is 0 Å². The van der Waals surface area contributed by atoms with Gasteiger partial charge in [-0.2, -0.15) is 0 Å². The summed E-state index contributed by atoms with van der Waals surface area (Å²) in [5, 5.41) is 51.6. The van der Waals surface area contributed by atoms with Crippen molar-refractivity contribution in [1.29, 1.82) is 0 Å². The fourth-order valence-corrected chi connectivity index (χ4v) is 4.61. The maximum absolute atomic E-state index is 10.6. The molecule has 0 saturated heterocycles. The Morgan fingerprint density at radius 3 is 1.58 bits per heavy atom. The molecule has 5 N–H and O–H groups in total. The van der Waals surface area contributed by atoms with Crippen LogP contribution in [0.2, 0.25) is 0 Å². The summed E-state index contributed by atoms with van der Waals surface area (Å²) in [5.74, 6) is -4.97. The van der Waals surface area contributed by atoms with Crippen molar-refractivity contribution in [3.05, 3.63) is 109 Å². The van der Waals surface area contributed by atoms with Crippen molar-refractivity contribution in [1.82, 2.24) is 15.0 Å². The lowest BCUT2D eigenvalue weighted by molar-refractivity contribution is 0.329. The smallest absolute Gasteiger partial charge is 0.208 e. The first-order chi connectivity index (χ1) is 20.9. The van der Waals surface area contributed by atoms with E-state index in [0.29, 0.717) is 17.0 Å². The molecule has 8 heteroatoms. The van der Waals surface area contributed by atoms with Crippen LogP contribution in [0.25, 0.3) is 56.2 Å². The van der Waals surface area contributed by atoms with Crippen molar-refractivity contribution in [3.8, 4) is 84.9 Å². The standard InChI is InChI=1S/C33H23N3O5.C2H6/c37-28-27(29(38)31(40)32(41)30(28)39)33-35-25(21-13-11-20(12-14-21)19-6-2-1-3-7-19)17-26(36-33)23-9-4-8-22(16-23)24-10-5-15-34-18-24;1-2/h1-18,37-41H;1-2H3. The zero-order valence-corrected chi connectivity index (χ0v) is 23.5. The Morgan fingerprint density at radius 2 is 0.953 bits per heavy atom. The topological polar surface area (TPSA) is 140 Å². The van der Waals surface area contributed by atoms with Gasteiger partial charge in [0.2, 0.25) is 17.2 Å². The van der Waals surface area contributed by atoms with E-state index < -0.39 is 34.3 Å². The minimum Gasteiger partial charge on any atom is -0.504 e. The highest BCUT2D eigenvalue weighted by molar-refractivity contribution is 5.84. The molecule has 43 heavy (non-hydrogen) atoms. The van der Waals surface area contributed by atoms with Gasteiger partial charge < -0.3 is 25.5 Å². The lowest BCUT2D eigenvalue weighted by Gasteiger charge is -2.14. The number of benzene rings is 4. The molecule has 0 atom stereocenters.